The van der Waals surface area contributed by atoms with E-state index >= 15 is 0 Å². The van der Waals surface area contributed by atoms with Crippen molar-refractivity contribution in [1.29, 1.82) is 0 Å². The Morgan fingerprint density at radius 2 is 2.10 bits per heavy atom. The summed E-state index contributed by atoms with van der Waals surface area (Å²) in [7, 11) is 2.15. The zero-order valence-corrected chi connectivity index (χ0v) is 13.8. The number of amides is 1. The molecule has 1 aliphatic heterocycles. The van der Waals surface area contributed by atoms with Gasteiger partial charge in [-0.1, -0.05) is 28.1 Å². The van der Waals surface area contributed by atoms with E-state index in [0.29, 0.717) is 18.5 Å². The smallest absolute Gasteiger partial charge is 0.220 e. The molecule has 1 N–H and O–H groups in total. The minimum absolute atomic E-state index is 0.176. The van der Waals surface area contributed by atoms with Gasteiger partial charge < -0.3 is 10.2 Å². The Bertz CT molecular complexity index is 446. The number of halogens is 1. The normalized spacial score (nSPS) is 23.6. The number of aryl methyl sites for hydroxylation is 1. The molecule has 1 aromatic carbocycles. The number of hydrogen-bond acceptors (Lipinski definition) is 2. The van der Waals surface area contributed by atoms with Crippen LogP contribution in [0.3, 0.4) is 0 Å². The molecular weight excluding hydrogens is 316 g/mol. The van der Waals surface area contributed by atoms with Gasteiger partial charge in [0.05, 0.1) is 0 Å². The fourth-order valence-corrected chi connectivity index (χ4v) is 2.89. The molecule has 1 aliphatic rings. The molecule has 3 nitrogen and oxygen atoms in total. The van der Waals surface area contributed by atoms with Crippen molar-refractivity contribution in [2.24, 2.45) is 0 Å². The molecule has 2 atom stereocenters. The van der Waals surface area contributed by atoms with E-state index in [9.17, 15) is 4.79 Å². The minimum Gasteiger partial charge on any atom is -0.353 e. The quantitative estimate of drug-likeness (QED) is 0.915. The van der Waals surface area contributed by atoms with Gasteiger partial charge in [-0.15, -0.1) is 0 Å². The molecule has 1 amide bonds. The zero-order valence-electron chi connectivity index (χ0n) is 12.2. The first-order valence-electron chi connectivity index (χ1n) is 7.28. The summed E-state index contributed by atoms with van der Waals surface area (Å²) >= 11 is 3.42. The Morgan fingerprint density at radius 1 is 1.40 bits per heavy atom. The van der Waals surface area contributed by atoms with Gasteiger partial charge in [-0.05, 0) is 50.9 Å². The third-order valence-electron chi connectivity index (χ3n) is 4.13. The Kier molecular flexibility index (Phi) is 5.61. The van der Waals surface area contributed by atoms with Crippen LogP contribution < -0.4 is 5.32 Å². The van der Waals surface area contributed by atoms with Crippen molar-refractivity contribution in [3.05, 3.63) is 34.3 Å². The number of nitrogens with zero attached hydrogens (tertiary/aromatic N) is 1. The molecule has 1 fully saturated rings. The van der Waals surface area contributed by atoms with Gasteiger partial charge in [-0.3, -0.25) is 4.79 Å². The van der Waals surface area contributed by atoms with Gasteiger partial charge in [0.1, 0.15) is 0 Å². The SMILES string of the molecule is C[C@@H]1C[C@H](NC(=O)CCc2ccc(Br)cc2)CCN1C. The molecule has 0 radical (unpaired) electrons. The lowest BCUT2D eigenvalue weighted by atomic mass is 9.98. The zero-order chi connectivity index (χ0) is 14.5. The maximum Gasteiger partial charge on any atom is 0.220 e. The summed E-state index contributed by atoms with van der Waals surface area (Å²) in [4.78, 5) is 14.4. The summed E-state index contributed by atoms with van der Waals surface area (Å²) in [6.07, 6.45) is 3.50. The third kappa shape index (κ3) is 4.60. The van der Waals surface area contributed by atoms with E-state index in [0.717, 1.165) is 30.3 Å². The fourth-order valence-electron chi connectivity index (χ4n) is 2.63. The van der Waals surface area contributed by atoms with Crippen molar-refractivity contribution in [3.63, 3.8) is 0 Å². The molecule has 0 unspecified atom stereocenters. The van der Waals surface area contributed by atoms with E-state index in [1.54, 1.807) is 0 Å². The van der Waals surface area contributed by atoms with E-state index in [1.165, 1.54) is 5.56 Å². The molecule has 0 spiro atoms. The number of nitrogens with one attached hydrogen (secondary N) is 1. The van der Waals surface area contributed by atoms with Gasteiger partial charge in [-0.25, -0.2) is 0 Å². The third-order valence-corrected chi connectivity index (χ3v) is 4.66. The molecule has 0 saturated carbocycles. The van der Waals surface area contributed by atoms with Crippen molar-refractivity contribution in [3.8, 4) is 0 Å². The van der Waals surface area contributed by atoms with Gasteiger partial charge >= 0.3 is 0 Å². The summed E-state index contributed by atoms with van der Waals surface area (Å²) in [5, 5.41) is 3.18. The molecule has 1 heterocycles. The highest BCUT2D eigenvalue weighted by Crippen LogP contribution is 2.16. The molecule has 110 valence electrons. The first-order valence-corrected chi connectivity index (χ1v) is 8.08. The van der Waals surface area contributed by atoms with E-state index in [4.69, 9.17) is 0 Å². The molecule has 0 aromatic heterocycles. The molecule has 20 heavy (non-hydrogen) atoms. The summed E-state index contributed by atoms with van der Waals surface area (Å²) in [6.45, 7) is 3.29. The number of carbonyl (C=O) groups is 1. The molecular formula is C16H23BrN2O. The van der Waals surface area contributed by atoms with Crippen LogP contribution in [0.25, 0.3) is 0 Å². The van der Waals surface area contributed by atoms with Crippen molar-refractivity contribution < 1.29 is 4.79 Å². The number of benzene rings is 1. The average Bonchev–Trinajstić information content (AvgIpc) is 2.42. The number of carbonyl (C=O) groups excluding carboxylic acids is 1. The Hall–Kier alpha value is -0.870. The molecule has 1 saturated heterocycles. The highest BCUT2D eigenvalue weighted by atomic mass is 79.9. The number of hydrogen-bond donors (Lipinski definition) is 1. The van der Waals surface area contributed by atoms with Gasteiger partial charge in [0.2, 0.25) is 5.91 Å². The predicted molar refractivity (Wildman–Crippen MR) is 85.7 cm³/mol. The van der Waals surface area contributed by atoms with E-state index in [1.807, 2.05) is 12.1 Å². The van der Waals surface area contributed by atoms with Crippen LogP contribution in [0.4, 0.5) is 0 Å². The number of piperidine rings is 1. The highest BCUT2D eigenvalue weighted by molar-refractivity contribution is 9.10. The summed E-state index contributed by atoms with van der Waals surface area (Å²) in [5.41, 5.74) is 1.21. The van der Waals surface area contributed by atoms with Crippen molar-refractivity contribution in [2.75, 3.05) is 13.6 Å². The molecule has 0 bridgehead atoms. The second-order valence-electron chi connectivity index (χ2n) is 5.74. The largest absolute Gasteiger partial charge is 0.353 e. The lowest BCUT2D eigenvalue weighted by molar-refractivity contribution is -0.122. The molecule has 0 aliphatic carbocycles. The standard InChI is InChI=1S/C16H23BrN2O/c1-12-11-15(9-10-19(12)2)18-16(20)8-5-13-3-6-14(17)7-4-13/h3-4,6-7,12,15H,5,8-11H2,1-2H3,(H,18,20)/t12-,15-/m1/s1. The van der Waals surface area contributed by atoms with E-state index in [2.05, 4.69) is 52.3 Å². The Labute approximate surface area is 129 Å². The summed E-state index contributed by atoms with van der Waals surface area (Å²) < 4.78 is 1.08. The monoisotopic (exact) mass is 338 g/mol. The lowest BCUT2D eigenvalue weighted by Gasteiger charge is -2.35. The van der Waals surface area contributed by atoms with Gasteiger partial charge in [0.15, 0.2) is 0 Å². The molecule has 4 heteroatoms. The van der Waals surface area contributed by atoms with E-state index < -0.39 is 0 Å². The number of likely N-dealkylation sites (tertiary alicyclic amines) is 1. The maximum atomic E-state index is 12.0. The van der Waals surface area contributed by atoms with Crippen LogP contribution in [0.1, 0.15) is 31.7 Å². The van der Waals surface area contributed by atoms with Crippen LogP contribution >= 0.6 is 15.9 Å². The van der Waals surface area contributed by atoms with Crippen LogP contribution in [-0.4, -0.2) is 36.5 Å². The molecule has 2 rings (SSSR count). The Morgan fingerprint density at radius 3 is 2.75 bits per heavy atom. The fraction of sp³-hybridized carbons (Fsp3) is 0.562. The van der Waals surface area contributed by atoms with Crippen LogP contribution in [0.15, 0.2) is 28.7 Å². The van der Waals surface area contributed by atoms with E-state index in [-0.39, 0.29) is 5.91 Å². The highest BCUT2D eigenvalue weighted by Gasteiger charge is 2.23. The second kappa shape index (κ2) is 7.23. The lowest BCUT2D eigenvalue weighted by Crippen LogP contribution is -2.47. The number of rotatable bonds is 4. The summed E-state index contributed by atoms with van der Waals surface area (Å²) in [6, 6.07) is 9.07. The van der Waals surface area contributed by atoms with Gasteiger partial charge in [0, 0.05) is 29.5 Å². The second-order valence-corrected chi connectivity index (χ2v) is 6.66. The summed E-state index contributed by atoms with van der Waals surface area (Å²) in [5.74, 6) is 0.176. The van der Waals surface area contributed by atoms with Crippen LogP contribution in [0.5, 0.6) is 0 Å². The van der Waals surface area contributed by atoms with Crippen molar-refractivity contribution in [2.45, 2.75) is 44.7 Å². The predicted octanol–water partition coefficient (Wildman–Crippen LogP) is 2.98. The van der Waals surface area contributed by atoms with Gasteiger partial charge in [-0.2, -0.15) is 0 Å². The minimum atomic E-state index is 0.176. The van der Waals surface area contributed by atoms with Crippen molar-refractivity contribution in [1.82, 2.24) is 10.2 Å². The van der Waals surface area contributed by atoms with Crippen molar-refractivity contribution >= 4 is 21.8 Å². The molecule has 1 aromatic rings. The van der Waals surface area contributed by atoms with Gasteiger partial charge in [0.25, 0.3) is 0 Å². The van der Waals surface area contributed by atoms with Crippen LogP contribution in [0, 0.1) is 0 Å². The topological polar surface area (TPSA) is 32.3 Å². The average molecular weight is 339 g/mol. The Balaban J connectivity index is 1.74. The van der Waals surface area contributed by atoms with Crippen LogP contribution in [-0.2, 0) is 11.2 Å². The first-order chi connectivity index (χ1) is 9.54. The maximum absolute atomic E-state index is 12.0. The first kappa shape index (κ1) is 15.5. The van der Waals surface area contributed by atoms with Crippen LogP contribution in [0.2, 0.25) is 0 Å².